The van der Waals surface area contributed by atoms with Crippen molar-refractivity contribution in [2.75, 3.05) is 0 Å². The lowest BCUT2D eigenvalue weighted by Crippen LogP contribution is -2.12. The monoisotopic (exact) mass is 323 g/mol. The summed E-state index contributed by atoms with van der Waals surface area (Å²) in [5, 5.41) is 0. The molecule has 0 bridgehead atoms. The van der Waals surface area contributed by atoms with E-state index in [1.54, 1.807) is 22.6 Å². The second-order valence-electron chi connectivity index (χ2n) is 2.39. The van der Waals surface area contributed by atoms with Crippen LogP contribution in [0.2, 0.25) is 0 Å². The van der Waals surface area contributed by atoms with E-state index in [4.69, 9.17) is 0 Å². The Balaban J connectivity index is 3.29. The highest BCUT2D eigenvalue weighted by atomic mass is 127. The van der Waals surface area contributed by atoms with Gasteiger partial charge in [-0.25, -0.2) is 8.78 Å². The van der Waals surface area contributed by atoms with E-state index in [0.29, 0.717) is 0 Å². The summed E-state index contributed by atoms with van der Waals surface area (Å²) >= 11 is 1.62. The molecule has 0 atom stereocenters. The summed E-state index contributed by atoms with van der Waals surface area (Å²) < 4.78 is 61.1. The molecule has 0 saturated heterocycles. The molecule has 0 aromatic carbocycles. The highest BCUT2D eigenvalue weighted by Crippen LogP contribution is 2.35. The van der Waals surface area contributed by atoms with E-state index in [-0.39, 0.29) is 3.57 Å². The van der Waals surface area contributed by atoms with Crippen molar-refractivity contribution in [1.29, 1.82) is 0 Å². The first-order valence-corrected chi connectivity index (χ1v) is 4.41. The molecular formula is C7H3F5IN. The zero-order valence-corrected chi connectivity index (χ0v) is 8.60. The standard InChI is InChI=1S/C7H3F5IN/c8-6(9)4-1-3(13)2-14-5(4)7(10,11)12/h1-2,6H. The molecule has 1 nitrogen and oxygen atoms in total. The number of pyridine rings is 1. The van der Waals surface area contributed by atoms with Crippen LogP contribution < -0.4 is 0 Å². The largest absolute Gasteiger partial charge is 0.433 e. The Hall–Kier alpha value is -0.470. The number of alkyl halides is 5. The van der Waals surface area contributed by atoms with Crippen LogP contribution in [0.25, 0.3) is 0 Å². The molecule has 0 fully saturated rings. The quantitative estimate of drug-likeness (QED) is 0.568. The molecular weight excluding hydrogens is 320 g/mol. The van der Waals surface area contributed by atoms with E-state index in [2.05, 4.69) is 4.98 Å². The van der Waals surface area contributed by atoms with Crippen LogP contribution in [-0.2, 0) is 6.18 Å². The second-order valence-corrected chi connectivity index (χ2v) is 3.64. The van der Waals surface area contributed by atoms with E-state index >= 15 is 0 Å². The highest BCUT2D eigenvalue weighted by Gasteiger charge is 2.37. The molecule has 0 N–H and O–H groups in total. The first-order chi connectivity index (χ1) is 6.32. The van der Waals surface area contributed by atoms with Crippen LogP contribution in [-0.4, -0.2) is 4.98 Å². The van der Waals surface area contributed by atoms with Gasteiger partial charge in [0, 0.05) is 15.3 Å². The zero-order valence-electron chi connectivity index (χ0n) is 6.45. The molecule has 1 rings (SSSR count). The van der Waals surface area contributed by atoms with Gasteiger partial charge in [0.25, 0.3) is 6.43 Å². The van der Waals surface area contributed by atoms with Gasteiger partial charge < -0.3 is 0 Å². The van der Waals surface area contributed by atoms with Crippen molar-refractivity contribution in [3.8, 4) is 0 Å². The maximum atomic E-state index is 12.2. The lowest BCUT2D eigenvalue weighted by Gasteiger charge is -2.10. The van der Waals surface area contributed by atoms with Crippen molar-refractivity contribution in [2.24, 2.45) is 0 Å². The molecule has 78 valence electrons. The first kappa shape index (κ1) is 11.6. The van der Waals surface area contributed by atoms with Gasteiger partial charge in [-0.2, -0.15) is 13.2 Å². The second kappa shape index (κ2) is 3.95. The summed E-state index contributed by atoms with van der Waals surface area (Å²) in [5.74, 6) is 0. The van der Waals surface area contributed by atoms with Crippen LogP contribution in [0.3, 0.4) is 0 Å². The number of nitrogens with zero attached hydrogens (tertiary/aromatic N) is 1. The minimum absolute atomic E-state index is 0.242. The van der Waals surface area contributed by atoms with Crippen molar-refractivity contribution in [1.82, 2.24) is 4.98 Å². The van der Waals surface area contributed by atoms with Crippen LogP contribution in [0, 0.1) is 3.57 Å². The fourth-order valence-corrected chi connectivity index (χ4v) is 1.33. The first-order valence-electron chi connectivity index (χ1n) is 3.33. The van der Waals surface area contributed by atoms with Crippen LogP contribution in [0.15, 0.2) is 12.3 Å². The van der Waals surface area contributed by atoms with E-state index in [0.717, 1.165) is 12.3 Å². The average molecular weight is 323 g/mol. The molecule has 0 saturated carbocycles. The van der Waals surface area contributed by atoms with Crippen molar-refractivity contribution in [3.05, 3.63) is 27.1 Å². The molecule has 0 radical (unpaired) electrons. The number of halogens is 6. The van der Waals surface area contributed by atoms with Crippen LogP contribution in [0.4, 0.5) is 22.0 Å². The molecule has 7 heteroatoms. The van der Waals surface area contributed by atoms with Gasteiger partial charge in [0.05, 0.1) is 0 Å². The summed E-state index contributed by atoms with van der Waals surface area (Å²) in [7, 11) is 0. The Morgan fingerprint density at radius 3 is 2.29 bits per heavy atom. The fraction of sp³-hybridized carbons (Fsp3) is 0.286. The van der Waals surface area contributed by atoms with E-state index < -0.39 is 23.9 Å². The predicted molar refractivity (Wildman–Crippen MR) is 46.9 cm³/mol. The van der Waals surface area contributed by atoms with Gasteiger partial charge in [-0.15, -0.1) is 0 Å². The maximum absolute atomic E-state index is 12.2. The Labute approximate surface area is 89.5 Å². The normalized spacial score (nSPS) is 12.2. The fourth-order valence-electron chi connectivity index (χ4n) is 0.858. The summed E-state index contributed by atoms with van der Waals surface area (Å²) in [4.78, 5) is 2.96. The molecule has 0 aliphatic carbocycles. The van der Waals surface area contributed by atoms with Crippen molar-refractivity contribution < 1.29 is 22.0 Å². The molecule has 14 heavy (non-hydrogen) atoms. The van der Waals surface area contributed by atoms with E-state index in [1.807, 2.05) is 0 Å². The third-order valence-electron chi connectivity index (χ3n) is 1.39. The van der Waals surface area contributed by atoms with Crippen LogP contribution >= 0.6 is 22.6 Å². The van der Waals surface area contributed by atoms with Crippen molar-refractivity contribution in [2.45, 2.75) is 12.6 Å². The smallest absolute Gasteiger partial charge is 0.250 e. The molecule has 0 spiro atoms. The Bertz CT molecular complexity index is 335. The van der Waals surface area contributed by atoms with Gasteiger partial charge in [0.2, 0.25) is 0 Å². The molecule has 0 unspecified atom stereocenters. The van der Waals surface area contributed by atoms with Gasteiger partial charge in [0.15, 0.2) is 5.69 Å². The van der Waals surface area contributed by atoms with E-state index in [9.17, 15) is 22.0 Å². The summed E-state index contributed by atoms with van der Waals surface area (Å²) in [6.45, 7) is 0. The number of aromatic nitrogens is 1. The van der Waals surface area contributed by atoms with Crippen LogP contribution in [0.1, 0.15) is 17.7 Å². The van der Waals surface area contributed by atoms with E-state index in [1.165, 1.54) is 0 Å². The van der Waals surface area contributed by atoms with Gasteiger partial charge >= 0.3 is 6.18 Å². The highest BCUT2D eigenvalue weighted by molar-refractivity contribution is 14.1. The lowest BCUT2D eigenvalue weighted by atomic mass is 10.2. The Morgan fingerprint density at radius 2 is 1.86 bits per heavy atom. The SMILES string of the molecule is FC(F)c1cc(I)cnc1C(F)(F)F. The summed E-state index contributed by atoms with van der Waals surface area (Å²) in [5.41, 5.74) is -2.60. The molecule has 1 aromatic heterocycles. The Morgan fingerprint density at radius 1 is 1.29 bits per heavy atom. The van der Waals surface area contributed by atoms with Crippen molar-refractivity contribution >= 4 is 22.6 Å². The molecule has 1 heterocycles. The lowest BCUT2D eigenvalue weighted by molar-refractivity contribution is -0.143. The summed E-state index contributed by atoms with van der Waals surface area (Å²) in [6.07, 6.45) is -7.11. The minimum Gasteiger partial charge on any atom is -0.250 e. The van der Waals surface area contributed by atoms with Gasteiger partial charge in [0.1, 0.15) is 0 Å². The number of hydrogen-bond donors (Lipinski definition) is 0. The zero-order chi connectivity index (χ0) is 10.9. The molecule has 1 aromatic rings. The van der Waals surface area contributed by atoms with Gasteiger partial charge in [-0.1, -0.05) is 0 Å². The third-order valence-corrected chi connectivity index (χ3v) is 1.98. The minimum atomic E-state index is -4.84. The van der Waals surface area contributed by atoms with Crippen molar-refractivity contribution in [3.63, 3.8) is 0 Å². The maximum Gasteiger partial charge on any atom is 0.433 e. The molecule has 0 aliphatic heterocycles. The number of rotatable bonds is 1. The molecule has 0 aliphatic rings. The molecule has 0 amide bonds. The van der Waals surface area contributed by atoms with Gasteiger partial charge in [-0.05, 0) is 28.7 Å². The topological polar surface area (TPSA) is 12.9 Å². The predicted octanol–water partition coefficient (Wildman–Crippen LogP) is 3.64. The third kappa shape index (κ3) is 2.52. The van der Waals surface area contributed by atoms with Crippen LogP contribution in [0.5, 0.6) is 0 Å². The average Bonchev–Trinajstić information content (AvgIpc) is 2.01. The summed E-state index contributed by atoms with van der Waals surface area (Å²) in [6, 6.07) is 0.779. The number of hydrogen-bond acceptors (Lipinski definition) is 1. The Kier molecular flexibility index (Phi) is 3.28. The van der Waals surface area contributed by atoms with Gasteiger partial charge in [-0.3, -0.25) is 4.98 Å².